The van der Waals surface area contributed by atoms with E-state index < -0.39 is 0 Å². The lowest BCUT2D eigenvalue weighted by Gasteiger charge is -2.22. The number of benzene rings is 1. The molecule has 5 heteroatoms. The van der Waals surface area contributed by atoms with E-state index in [0.717, 1.165) is 6.42 Å². The second kappa shape index (κ2) is 5.73. The summed E-state index contributed by atoms with van der Waals surface area (Å²) in [7, 11) is 0. The zero-order valence-electron chi connectivity index (χ0n) is 8.54. The van der Waals surface area contributed by atoms with Gasteiger partial charge in [-0.2, -0.15) is 0 Å². The Labute approximate surface area is 104 Å². The maximum atomic E-state index is 5.95. The van der Waals surface area contributed by atoms with Crippen molar-refractivity contribution < 1.29 is 14.2 Å². The highest BCUT2D eigenvalue weighted by Gasteiger charge is 2.15. The van der Waals surface area contributed by atoms with Crippen molar-refractivity contribution in [3.05, 3.63) is 28.2 Å². The molecule has 0 saturated carbocycles. The first-order valence-electron chi connectivity index (χ1n) is 4.94. The molecule has 0 bridgehead atoms. The van der Waals surface area contributed by atoms with Crippen molar-refractivity contribution in [2.24, 2.45) is 0 Å². The first-order valence-corrected chi connectivity index (χ1v) is 5.70. The first-order chi connectivity index (χ1) is 7.75. The van der Waals surface area contributed by atoms with E-state index in [2.05, 4.69) is 6.07 Å². The highest BCUT2D eigenvalue weighted by Crippen LogP contribution is 2.27. The van der Waals surface area contributed by atoms with Crippen molar-refractivity contribution in [3.8, 4) is 5.75 Å². The number of hydrogen-bond donors (Lipinski definition) is 0. The zero-order chi connectivity index (χ0) is 11.4. The number of hydrogen-bond acceptors (Lipinski definition) is 3. The van der Waals surface area contributed by atoms with Gasteiger partial charge in [0.2, 0.25) is 0 Å². The van der Waals surface area contributed by atoms with E-state index >= 15 is 0 Å². The Hall–Kier alpha value is -0.480. The predicted molar refractivity (Wildman–Crippen MR) is 61.1 cm³/mol. The molecule has 0 aromatic heterocycles. The monoisotopic (exact) mass is 261 g/mol. The summed E-state index contributed by atoms with van der Waals surface area (Å²) >= 11 is 11.7. The first kappa shape index (κ1) is 12.0. The van der Waals surface area contributed by atoms with Gasteiger partial charge in [-0.3, -0.25) is 0 Å². The smallest absolute Gasteiger partial charge is 0.147 e. The molecule has 0 amide bonds. The van der Waals surface area contributed by atoms with Crippen LogP contribution in [0.2, 0.25) is 10.0 Å². The van der Waals surface area contributed by atoms with Gasteiger partial charge < -0.3 is 14.2 Å². The highest BCUT2D eigenvalue weighted by atomic mass is 35.5. The van der Waals surface area contributed by atoms with Crippen molar-refractivity contribution in [3.63, 3.8) is 0 Å². The third kappa shape index (κ3) is 3.25. The zero-order valence-corrected chi connectivity index (χ0v) is 10.1. The largest absolute Gasteiger partial charge is 0.489 e. The van der Waals surface area contributed by atoms with Crippen LogP contribution in [-0.2, 0) is 9.47 Å². The van der Waals surface area contributed by atoms with Crippen LogP contribution in [0.5, 0.6) is 5.75 Å². The molecule has 0 N–H and O–H groups in total. The predicted octanol–water partition coefficient (Wildman–Crippen LogP) is 2.94. The van der Waals surface area contributed by atoms with E-state index in [-0.39, 0.29) is 6.10 Å². The van der Waals surface area contributed by atoms with Gasteiger partial charge in [-0.15, -0.1) is 0 Å². The molecule has 1 aromatic carbocycles. The Morgan fingerprint density at radius 2 is 2.38 bits per heavy atom. The van der Waals surface area contributed by atoms with Crippen LogP contribution in [0.25, 0.3) is 0 Å². The van der Waals surface area contributed by atoms with Gasteiger partial charge in [-0.25, -0.2) is 0 Å². The maximum absolute atomic E-state index is 5.95. The molecule has 0 spiro atoms. The summed E-state index contributed by atoms with van der Waals surface area (Å²) in [5, 5.41) is 0.954. The lowest BCUT2D eigenvalue weighted by Crippen LogP contribution is -2.29. The minimum Gasteiger partial charge on any atom is -0.489 e. The van der Waals surface area contributed by atoms with Crippen molar-refractivity contribution in [1.29, 1.82) is 0 Å². The summed E-state index contributed by atoms with van der Waals surface area (Å²) in [5.74, 6) is 0.571. The second-order valence-corrected chi connectivity index (χ2v) is 4.22. The minimum absolute atomic E-state index is 0.0560. The molecular formula is C11H11Cl2O3. The van der Waals surface area contributed by atoms with Gasteiger partial charge in [-0.1, -0.05) is 23.2 Å². The quantitative estimate of drug-likeness (QED) is 0.838. The molecule has 0 aliphatic carbocycles. The van der Waals surface area contributed by atoms with Crippen LogP contribution in [0.4, 0.5) is 0 Å². The SMILES string of the molecule is Clc1[c]cc(OCC2CCOCO2)c(Cl)c1. The van der Waals surface area contributed by atoms with E-state index in [1.165, 1.54) is 0 Å². The molecule has 1 saturated heterocycles. The van der Waals surface area contributed by atoms with Crippen LogP contribution in [0, 0.1) is 6.07 Å². The van der Waals surface area contributed by atoms with Crippen LogP contribution in [0.1, 0.15) is 6.42 Å². The van der Waals surface area contributed by atoms with E-state index in [4.69, 9.17) is 37.4 Å². The molecule has 1 aliphatic heterocycles. The molecule has 16 heavy (non-hydrogen) atoms. The van der Waals surface area contributed by atoms with Crippen molar-refractivity contribution in [2.45, 2.75) is 12.5 Å². The average Bonchev–Trinajstić information content (AvgIpc) is 2.29. The van der Waals surface area contributed by atoms with Crippen molar-refractivity contribution in [1.82, 2.24) is 0 Å². The second-order valence-electron chi connectivity index (χ2n) is 3.41. The van der Waals surface area contributed by atoms with Gasteiger partial charge in [0, 0.05) is 12.5 Å². The Morgan fingerprint density at radius 1 is 1.50 bits per heavy atom. The highest BCUT2D eigenvalue weighted by molar-refractivity contribution is 6.35. The fourth-order valence-corrected chi connectivity index (χ4v) is 1.79. The standard InChI is InChI=1S/C11H11Cl2O3/c12-8-1-2-11(10(13)5-8)15-6-9-3-4-14-7-16-9/h2,5,9H,3-4,6-7H2. The summed E-state index contributed by atoms with van der Waals surface area (Å²) < 4.78 is 15.9. The summed E-state index contributed by atoms with van der Waals surface area (Å²) in [6.07, 6.45) is 0.884. The third-order valence-corrected chi connectivity index (χ3v) is 2.74. The lowest BCUT2D eigenvalue weighted by atomic mass is 10.2. The van der Waals surface area contributed by atoms with Crippen molar-refractivity contribution >= 4 is 23.2 Å². The molecule has 1 heterocycles. The molecule has 3 nitrogen and oxygen atoms in total. The third-order valence-electron chi connectivity index (χ3n) is 2.23. The fourth-order valence-electron chi connectivity index (χ4n) is 1.35. The van der Waals surface area contributed by atoms with Crippen LogP contribution in [0.3, 0.4) is 0 Å². The minimum atomic E-state index is 0.0560. The van der Waals surface area contributed by atoms with Gasteiger partial charge in [0.25, 0.3) is 0 Å². The van der Waals surface area contributed by atoms with Crippen LogP contribution >= 0.6 is 23.2 Å². The topological polar surface area (TPSA) is 27.7 Å². The molecule has 1 atom stereocenters. The van der Waals surface area contributed by atoms with Crippen LogP contribution < -0.4 is 4.74 Å². The van der Waals surface area contributed by atoms with E-state index in [0.29, 0.717) is 35.8 Å². The Bertz CT molecular complexity index is 351. The molecular weight excluding hydrogens is 251 g/mol. The molecule has 1 unspecified atom stereocenters. The molecule has 1 radical (unpaired) electrons. The van der Waals surface area contributed by atoms with E-state index in [1.807, 2.05) is 0 Å². The van der Waals surface area contributed by atoms with Gasteiger partial charge in [0.05, 0.1) is 22.8 Å². The van der Waals surface area contributed by atoms with Crippen molar-refractivity contribution in [2.75, 3.05) is 20.0 Å². The molecule has 1 fully saturated rings. The number of ether oxygens (including phenoxy) is 3. The van der Waals surface area contributed by atoms with E-state index in [1.54, 1.807) is 12.1 Å². The molecule has 1 aliphatic rings. The van der Waals surface area contributed by atoms with Gasteiger partial charge in [0.1, 0.15) is 19.1 Å². The molecule has 87 valence electrons. The van der Waals surface area contributed by atoms with E-state index in [9.17, 15) is 0 Å². The molecule has 1 aromatic rings. The van der Waals surface area contributed by atoms with Gasteiger partial charge >= 0.3 is 0 Å². The maximum Gasteiger partial charge on any atom is 0.147 e. The number of halogens is 2. The Morgan fingerprint density at radius 3 is 3.06 bits per heavy atom. The lowest BCUT2D eigenvalue weighted by molar-refractivity contribution is -0.147. The summed E-state index contributed by atoms with van der Waals surface area (Å²) in [6.45, 7) is 1.49. The molecule has 2 rings (SSSR count). The summed E-state index contributed by atoms with van der Waals surface area (Å²) in [4.78, 5) is 0. The van der Waals surface area contributed by atoms with Crippen LogP contribution in [0.15, 0.2) is 12.1 Å². The Kier molecular flexibility index (Phi) is 4.29. The summed E-state index contributed by atoms with van der Waals surface area (Å²) in [6, 6.07) is 6.05. The number of rotatable bonds is 3. The normalized spacial score (nSPS) is 20.8. The van der Waals surface area contributed by atoms with Gasteiger partial charge in [0.15, 0.2) is 0 Å². The fraction of sp³-hybridized carbons (Fsp3) is 0.455. The average molecular weight is 262 g/mol. The van der Waals surface area contributed by atoms with Crippen LogP contribution in [-0.4, -0.2) is 26.1 Å². The Balaban J connectivity index is 1.88. The summed E-state index contributed by atoms with van der Waals surface area (Å²) in [5.41, 5.74) is 0. The van der Waals surface area contributed by atoms with Gasteiger partial charge in [-0.05, 0) is 12.1 Å².